The van der Waals surface area contributed by atoms with E-state index in [4.69, 9.17) is 4.42 Å². The van der Waals surface area contributed by atoms with E-state index < -0.39 is 0 Å². The second kappa shape index (κ2) is 8.34. The third-order valence-corrected chi connectivity index (χ3v) is 4.17. The summed E-state index contributed by atoms with van der Waals surface area (Å²) < 4.78 is 5.85. The summed E-state index contributed by atoms with van der Waals surface area (Å²) in [6.07, 6.45) is 1.91. The van der Waals surface area contributed by atoms with Gasteiger partial charge >= 0.3 is 0 Å². The molecule has 0 aliphatic heterocycles. The van der Waals surface area contributed by atoms with Crippen LogP contribution in [-0.2, 0) is 17.6 Å². The van der Waals surface area contributed by atoms with E-state index in [2.05, 4.69) is 36.5 Å². The van der Waals surface area contributed by atoms with Crippen molar-refractivity contribution in [2.24, 2.45) is 0 Å². The maximum absolute atomic E-state index is 12.0. The molecule has 0 unspecified atom stereocenters. The van der Waals surface area contributed by atoms with Crippen LogP contribution in [0.2, 0.25) is 0 Å². The molecule has 1 heterocycles. The van der Waals surface area contributed by atoms with Crippen molar-refractivity contribution >= 4 is 5.91 Å². The maximum atomic E-state index is 12.0. The predicted molar refractivity (Wildman–Crippen MR) is 100 cm³/mol. The monoisotopic (exact) mass is 333 g/mol. The molecule has 0 saturated heterocycles. The fourth-order valence-corrected chi connectivity index (χ4v) is 2.70. The Hall–Kier alpha value is -2.81. The lowest BCUT2D eigenvalue weighted by atomic mass is 10.1. The molecule has 0 saturated carbocycles. The average molecular weight is 333 g/mol. The minimum Gasteiger partial charge on any atom is -0.461 e. The van der Waals surface area contributed by atoms with Gasteiger partial charge in [-0.1, -0.05) is 60.2 Å². The number of hydrogen-bond acceptors (Lipinski definition) is 2. The Morgan fingerprint density at radius 2 is 1.68 bits per heavy atom. The first-order valence-electron chi connectivity index (χ1n) is 8.67. The van der Waals surface area contributed by atoms with Crippen LogP contribution in [0, 0.1) is 6.92 Å². The van der Waals surface area contributed by atoms with Gasteiger partial charge in [-0.05, 0) is 31.0 Å². The summed E-state index contributed by atoms with van der Waals surface area (Å²) in [6.45, 7) is 2.73. The number of carbonyl (C=O) groups excluding carboxylic acids is 1. The maximum Gasteiger partial charge on any atom is 0.220 e. The van der Waals surface area contributed by atoms with Crippen LogP contribution in [0.4, 0.5) is 0 Å². The van der Waals surface area contributed by atoms with E-state index in [1.807, 2.05) is 42.5 Å². The van der Waals surface area contributed by atoms with E-state index >= 15 is 0 Å². The summed E-state index contributed by atoms with van der Waals surface area (Å²) in [4.78, 5) is 12.0. The van der Waals surface area contributed by atoms with Crippen molar-refractivity contribution in [3.8, 4) is 11.3 Å². The molecule has 3 nitrogen and oxygen atoms in total. The normalized spacial score (nSPS) is 10.6. The molecule has 1 aromatic heterocycles. The zero-order valence-corrected chi connectivity index (χ0v) is 14.5. The van der Waals surface area contributed by atoms with E-state index in [0.29, 0.717) is 19.4 Å². The average Bonchev–Trinajstić information content (AvgIpc) is 3.10. The van der Waals surface area contributed by atoms with Gasteiger partial charge in [0.1, 0.15) is 11.5 Å². The molecular formula is C22H23NO2. The second-order valence-corrected chi connectivity index (χ2v) is 6.22. The fraction of sp³-hybridized carbons (Fsp3) is 0.227. The number of amides is 1. The van der Waals surface area contributed by atoms with Gasteiger partial charge in [0.05, 0.1) is 0 Å². The molecule has 0 radical (unpaired) electrons. The highest BCUT2D eigenvalue weighted by Crippen LogP contribution is 2.23. The van der Waals surface area contributed by atoms with Crippen LogP contribution in [-0.4, -0.2) is 12.5 Å². The van der Waals surface area contributed by atoms with E-state index in [9.17, 15) is 4.79 Å². The number of carbonyl (C=O) groups is 1. The van der Waals surface area contributed by atoms with Gasteiger partial charge in [-0.15, -0.1) is 0 Å². The predicted octanol–water partition coefficient (Wildman–Crippen LogP) is 4.55. The van der Waals surface area contributed by atoms with Crippen LogP contribution in [0.5, 0.6) is 0 Å². The van der Waals surface area contributed by atoms with Crippen LogP contribution in [0.3, 0.4) is 0 Å². The van der Waals surface area contributed by atoms with E-state index in [1.165, 1.54) is 11.1 Å². The van der Waals surface area contributed by atoms with Gasteiger partial charge in [-0.2, -0.15) is 0 Å². The van der Waals surface area contributed by atoms with Gasteiger partial charge in [0.2, 0.25) is 5.91 Å². The Morgan fingerprint density at radius 3 is 2.44 bits per heavy atom. The van der Waals surface area contributed by atoms with Crippen LogP contribution in [0.25, 0.3) is 11.3 Å². The zero-order valence-electron chi connectivity index (χ0n) is 14.5. The molecule has 1 N–H and O–H groups in total. The molecule has 3 heteroatoms. The molecule has 2 aromatic carbocycles. The first kappa shape index (κ1) is 17.0. The van der Waals surface area contributed by atoms with Crippen molar-refractivity contribution in [2.75, 3.05) is 6.54 Å². The highest BCUT2D eigenvalue weighted by molar-refractivity contribution is 5.76. The van der Waals surface area contributed by atoms with Gasteiger partial charge in [-0.25, -0.2) is 0 Å². The summed E-state index contributed by atoms with van der Waals surface area (Å²) in [5.41, 5.74) is 3.52. The number of rotatable bonds is 7. The van der Waals surface area contributed by atoms with Crippen LogP contribution >= 0.6 is 0 Å². The van der Waals surface area contributed by atoms with Crippen molar-refractivity contribution in [1.29, 1.82) is 0 Å². The molecule has 1 amide bonds. The van der Waals surface area contributed by atoms with Crippen LogP contribution in [0.1, 0.15) is 23.3 Å². The highest BCUT2D eigenvalue weighted by Gasteiger charge is 2.07. The fourth-order valence-electron chi connectivity index (χ4n) is 2.70. The summed E-state index contributed by atoms with van der Waals surface area (Å²) in [5, 5.41) is 2.97. The van der Waals surface area contributed by atoms with Crippen molar-refractivity contribution in [1.82, 2.24) is 5.32 Å². The molecule has 0 aliphatic rings. The number of furan rings is 1. The molecular weight excluding hydrogens is 310 g/mol. The summed E-state index contributed by atoms with van der Waals surface area (Å²) in [5.74, 6) is 1.75. The molecule has 0 fully saturated rings. The van der Waals surface area contributed by atoms with Crippen LogP contribution in [0.15, 0.2) is 71.1 Å². The van der Waals surface area contributed by atoms with E-state index in [0.717, 1.165) is 23.5 Å². The van der Waals surface area contributed by atoms with Crippen LogP contribution < -0.4 is 5.32 Å². The highest BCUT2D eigenvalue weighted by atomic mass is 16.3. The minimum absolute atomic E-state index is 0.0595. The Bertz CT molecular complexity index is 804. The Labute approximate surface area is 148 Å². The molecule has 3 rings (SSSR count). The SMILES string of the molecule is Cc1ccc(-c2ccc(CCC(=O)NCCc3ccccc3)o2)cc1. The molecule has 0 bridgehead atoms. The van der Waals surface area contributed by atoms with Gasteiger partial charge in [-0.3, -0.25) is 4.79 Å². The lowest BCUT2D eigenvalue weighted by Gasteiger charge is -2.04. The van der Waals surface area contributed by atoms with Crippen molar-refractivity contribution < 1.29 is 9.21 Å². The number of benzene rings is 2. The first-order chi connectivity index (χ1) is 12.2. The summed E-state index contributed by atoms with van der Waals surface area (Å²) in [7, 11) is 0. The van der Waals surface area contributed by atoms with Crippen molar-refractivity contribution in [3.05, 3.63) is 83.6 Å². The molecule has 128 valence electrons. The zero-order chi connectivity index (χ0) is 17.5. The molecule has 3 aromatic rings. The molecule has 0 aliphatic carbocycles. The third-order valence-electron chi connectivity index (χ3n) is 4.17. The Balaban J connectivity index is 1.44. The smallest absolute Gasteiger partial charge is 0.220 e. The van der Waals surface area contributed by atoms with E-state index in [1.54, 1.807) is 0 Å². The molecule has 0 atom stereocenters. The van der Waals surface area contributed by atoms with Crippen molar-refractivity contribution in [3.63, 3.8) is 0 Å². The Morgan fingerprint density at radius 1 is 0.920 bits per heavy atom. The van der Waals surface area contributed by atoms with E-state index in [-0.39, 0.29) is 5.91 Å². The number of nitrogens with one attached hydrogen (secondary N) is 1. The lowest BCUT2D eigenvalue weighted by Crippen LogP contribution is -2.25. The molecule has 25 heavy (non-hydrogen) atoms. The Kier molecular flexibility index (Phi) is 5.68. The quantitative estimate of drug-likeness (QED) is 0.689. The lowest BCUT2D eigenvalue weighted by molar-refractivity contribution is -0.121. The largest absolute Gasteiger partial charge is 0.461 e. The third kappa shape index (κ3) is 5.08. The van der Waals surface area contributed by atoms with Gasteiger partial charge in [0, 0.05) is 24.9 Å². The van der Waals surface area contributed by atoms with Gasteiger partial charge in [0.15, 0.2) is 0 Å². The number of hydrogen-bond donors (Lipinski definition) is 1. The summed E-state index contributed by atoms with van der Waals surface area (Å²) in [6, 6.07) is 22.3. The second-order valence-electron chi connectivity index (χ2n) is 6.22. The number of aryl methyl sites for hydroxylation is 2. The van der Waals surface area contributed by atoms with Gasteiger partial charge in [0.25, 0.3) is 0 Å². The van der Waals surface area contributed by atoms with Gasteiger partial charge < -0.3 is 9.73 Å². The molecule has 0 spiro atoms. The topological polar surface area (TPSA) is 42.2 Å². The summed E-state index contributed by atoms with van der Waals surface area (Å²) >= 11 is 0. The standard InChI is InChI=1S/C22H23NO2/c1-17-7-9-19(10-8-17)21-13-11-20(25-21)12-14-22(24)23-16-15-18-5-3-2-4-6-18/h2-11,13H,12,14-16H2,1H3,(H,23,24). The minimum atomic E-state index is 0.0595. The van der Waals surface area contributed by atoms with Crippen molar-refractivity contribution in [2.45, 2.75) is 26.2 Å². The first-order valence-corrected chi connectivity index (χ1v) is 8.67.